The van der Waals surface area contributed by atoms with E-state index >= 15 is 0 Å². The van der Waals surface area contributed by atoms with Gasteiger partial charge in [-0.05, 0) is 30.5 Å². The van der Waals surface area contributed by atoms with Crippen LogP contribution < -0.4 is 5.73 Å². The Hall–Kier alpha value is -1.49. The van der Waals surface area contributed by atoms with Gasteiger partial charge in [-0.1, -0.05) is 0 Å². The summed E-state index contributed by atoms with van der Waals surface area (Å²) in [5, 5.41) is 0. The first-order valence-electron chi connectivity index (χ1n) is 5.32. The fraction of sp³-hybridized carbons (Fsp3) is 0.417. The third kappa shape index (κ3) is 1.91. The van der Waals surface area contributed by atoms with Gasteiger partial charge in [-0.2, -0.15) is 0 Å². The number of nitrogens with two attached hydrogens (primary N) is 1. The van der Waals surface area contributed by atoms with Gasteiger partial charge in [0.05, 0.1) is 12.7 Å². The van der Waals surface area contributed by atoms with E-state index in [-0.39, 0.29) is 11.0 Å². The van der Waals surface area contributed by atoms with Gasteiger partial charge in [-0.3, -0.25) is 0 Å². The monoisotopic (exact) mass is 241 g/mol. The maximum Gasteiger partial charge on any atom is 0.340 e. The van der Waals surface area contributed by atoms with Gasteiger partial charge in [0.25, 0.3) is 0 Å². The zero-order valence-corrected chi connectivity index (χ0v) is 9.43. The Morgan fingerprint density at radius 1 is 1.47 bits per heavy atom. The summed E-state index contributed by atoms with van der Waals surface area (Å²) in [6.45, 7) is 0.360. The zero-order chi connectivity index (χ0) is 12.6. The summed E-state index contributed by atoms with van der Waals surface area (Å²) in [6, 6.07) is 2.45. The molecule has 0 bridgehead atoms. The molecule has 1 aromatic carbocycles. The van der Waals surface area contributed by atoms with Crippen LogP contribution in [0.5, 0.6) is 0 Å². The molecule has 2 rings (SSSR count). The second-order valence-electron chi connectivity index (χ2n) is 4.30. The summed E-state index contributed by atoms with van der Waals surface area (Å²) in [7, 11) is 1.13. The van der Waals surface area contributed by atoms with E-state index < -0.39 is 17.6 Å². The normalized spacial score (nSPS) is 16.7. The minimum Gasteiger partial charge on any atom is -0.465 e. The summed E-state index contributed by atoms with van der Waals surface area (Å²) in [4.78, 5) is 11.3. The van der Waals surface area contributed by atoms with Crippen LogP contribution in [0.25, 0.3) is 0 Å². The van der Waals surface area contributed by atoms with Crippen molar-refractivity contribution in [1.29, 1.82) is 0 Å². The molecule has 1 saturated carbocycles. The lowest BCUT2D eigenvalue weighted by Gasteiger charge is -2.14. The largest absolute Gasteiger partial charge is 0.465 e. The number of hydrogen-bond donors (Lipinski definition) is 1. The Morgan fingerprint density at radius 3 is 2.59 bits per heavy atom. The third-order valence-corrected chi connectivity index (χ3v) is 3.29. The molecule has 0 spiro atoms. The second kappa shape index (κ2) is 4.07. The molecule has 0 aromatic heterocycles. The van der Waals surface area contributed by atoms with E-state index in [1.54, 1.807) is 0 Å². The SMILES string of the molecule is COC(=O)c1cc(C2(CN)CC2)cc(F)c1F. The summed E-state index contributed by atoms with van der Waals surface area (Å²) >= 11 is 0. The minimum absolute atomic E-state index is 0.294. The predicted octanol–water partition coefficient (Wildman–Crippen LogP) is 1.74. The number of methoxy groups -OCH3 is 1. The maximum absolute atomic E-state index is 13.4. The van der Waals surface area contributed by atoms with E-state index in [4.69, 9.17) is 5.73 Å². The molecule has 0 saturated heterocycles. The van der Waals surface area contributed by atoms with Crippen LogP contribution in [-0.4, -0.2) is 19.6 Å². The van der Waals surface area contributed by atoms with Crippen molar-refractivity contribution >= 4 is 5.97 Å². The predicted molar refractivity (Wildman–Crippen MR) is 57.7 cm³/mol. The molecule has 17 heavy (non-hydrogen) atoms. The third-order valence-electron chi connectivity index (χ3n) is 3.29. The average Bonchev–Trinajstić information content (AvgIpc) is 3.12. The fourth-order valence-electron chi connectivity index (χ4n) is 1.92. The smallest absolute Gasteiger partial charge is 0.340 e. The van der Waals surface area contributed by atoms with Gasteiger partial charge in [0.15, 0.2) is 11.6 Å². The molecular weight excluding hydrogens is 228 g/mol. The molecule has 0 unspecified atom stereocenters. The Balaban J connectivity index is 2.50. The van der Waals surface area contributed by atoms with Gasteiger partial charge in [-0.15, -0.1) is 0 Å². The lowest BCUT2D eigenvalue weighted by atomic mass is 9.94. The molecular formula is C12H13F2NO2. The van der Waals surface area contributed by atoms with E-state index in [0.29, 0.717) is 12.1 Å². The number of hydrogen-bond acceptors (Lipinski definition) is 3. The number of rotatable bonds is 3. The van der Waals surface area contributed by atoms with Crippen LogP contribution in [0.15, 0.2) is 12.1 Å². The minimum atomic E-state index is -1.17. The zero-order valence-electron chi connectivity index (χ0n) is 9.43. The Kier molecular flexibility index (Phi) is 2.87. The molecule has 1 aliphatic rings. The Morgan fingerprint density at radius 2 is 2.12 bits per heavy atom. The average molecular weight is 241 g/mol. The molecule has 92 valence electrons. The number of benzene rings is 1. The van der Waals surface area contributed by atoms with Crippen LogP contribution in [0, 0.1) is 11.6 Å². The number of carbonyl (C=O) groups is 1. The lowest BCUT2D eigenvalue weighted by Crippen LogP contribution is -2.21. The second-order valence-corrected chi connectivity index (χ2v) is 4.30. The van der Waals surface area contributed by atoms with E-state index in [1.165, 1.54) is 6.07 Å². The van der Waals surface area contributed by atoms with Crippen molar-refractivity contribution in [3.05, 3.63) is 34.9 Å². The first kappa shape index (κ1) is 12.0. The van der Waals surface area contributed by atoms with Gasteiger partial charge in [-0.25, -0.2) is 13.6 Å². The van der Waals surface area contributed by atoms with Crippen molar-refractivity contribution < 1.29 is 18.3 Å². The van der Waals surface area contributed by atoms with E-state index in [9.17, 15) is 13.6 Å². The molecule has 1 fully saturated rings. The van der Waals surface area contributed by atoms with Gasteiger partial charge in [0, 0.05) is 12.0 Å². The molecule has 1 aromatic rings. The van der Waals surface area contributed by atoms with Crippen molar-refractivity contribution in [3.63, 3.8) is 0 Å². The van der Waals surface area contributed by atoms with Crippen LogP contribution in [-0.2, 0) is 10.2 Å². The van der Waals surface area contributed by atoms with Gasteiger partial charge >= 0.3 is 5.97 Å². The van der Waals surface area contributed by atoms with Crippen molar-refractivity contribution in [2.24, 2.45) is 5.73 Å². The van der Waals surface area contributed by atoms with Crippen LogP contribution in [0.4, 0.5) is 8.78 Å². The van der Waals surface area contributed by atoms with Gasteiger partial charge < -0.3 is 10.5 Å². The van der Waals surface area contributed by atoms with Crippen LogP contribution in [0.1, 0.15) is 28.8 Å². The lowest BCUT2D eigenvalue weighted by molar-refractivity contribution is 0.0594. The summed E-state index contributed by atoms with van der Waals surface area (Å²) in [5.41, 5.74) is 5.52. The molecule has 5 heteroatoms. The van der Waals surface area contributed by atoms with E-state index in [2.05, 4.69) is 4.74 Å². The van der Waals surface area contributed by atoms with Crippen molar-refractivity contribution in [1.82, 2.24) is 0 Å². The summed E-state index contributed by atoms with van der Waals surface area (Å²) in [6.07, 6.45) is 1.66. The summed E-state index contributed by atoms with van der Waals surface area (Å²) in [5.74, 6) is -3.09. The number of carbonyl (C=O) groups excluding carboxylic acids is 1. The highest BCUT2D eigenvalue weighted by Gasteiger charge is 2.43. The number of esters is 1. The fourth-order valence-corrected chi connectivity index (χ4v) is 1.92. The topological polar surface area (TPSA) is 52.3 Å². The number of halogens is 2. The molecule has 1 aliphatic carbocycles. The molecule has 3 nitrogen and oxygen atoms in total. The Labute approximate surface area is 97.6 Å². The standard InChI is InChI=1S/C12H13F2NO2/c1-17-11(16)8-4-7(5-9(13)10(8)14)12(6-15)2-3-12/h4-5H,2-3,6,15H2,1H3. The maximum atomic E-state index is 13.4. The van der Waals surface area contributed by atoms with Crippen molar-refractivity contribution in [3.8, 4) is 0 Å². The number of ether oxygens (including phenoxy) is 1. The first-order chi connectivity index (χ1) is 8.04. The molecule has 0 heterocycles. The molecule has 0 radical (unpaired) electrons. The molecule has 0 atom stereocenters. The van der Waals surface area contributed by atoms with Crippen LogP contribution in [0.3, 0.4) is 0 Å². The van der Waals surface area contributed by atoms with Gasteiger partial charge in [0.1, 0.15) is 0 Å². The van der Waals surface area contributed by atoms with Crippen LogP contribution >= 0.6 is 0 Å². The van der Waals surface area contributed by atoms with Crippen molar-refractivity contribution in [2.75, 3.05) is 13.7 Å². The van der Waals surface area contributed by atoms with Crippen LogP contribution in [0.2, 0.25) is 0 Å². The molecule has 2 N–H and O–H groups in total. The highest BCUT2D eigenvalue weighted by Crippen LogP contribution is 2.47. The van der Waals surface area contributed by atoms with E-state index in [0.717, 1.165) is 26.0 Å². The summed E-state index contributed by atoms with van der Waals surface area (Å²) < 4.78 is 31.2. The quantitative estimate of drug-likeness (QED) is 0.820. The highest BCUT2D eigenvalue weighted by atomic mass is 19.2. The van der Waals surface area contributed by atoms with E-state index in [1.807, 2.05) is 0 Å². The molecule has 0 aliphatic heterocycles. The Bertz CT molecular complexity index is 470. The van der Waals surface area contributed by atoms with Gasteiger partial charge in [0.2, 0.25) is 0 Å². The van der Waals surface area contributed by atoms with Crippen molar-refractivity contribution in [2.45, 2.75) is 18.3 Å². The first-order valence-corrected chi connectivity index (χ1v) is 5.32. The molecule has 0 amide bonds. The highest BCUT2D eigenvalue weighted by molar-refractivity contribution is 5.90.